The molecule has 1 rings (SSSR count). The molecule has 19 heavy (non-hydrogen) atoms. The van der Waals surface area contributed by atoms with Crippen molar-refractivity contribution in [3.8, 4) is 0 Å². The molecule has 0 aromatic rings. The lowest BCUT2D eigenvalue weighted by Gasteiger charge is -2.33. The molecule has 0 heterocycles. The van der Waals surface area contributed by atoms with Crippen molar-refractivity contribution < 1.29 is 18.0 Å². The molecule has 1 aliphatic rings. The Morgan fingerprint density at radius 2 is 1.84 bits per heavy atom. The number of nitrogens with one attached hydrogen (secondary N) is 1. The molecule has 0 radical (unpaired) electrons. The van der Waals surface area contributed by atoms with Gasteiger partial charge in [0.1, 0.15) is 0 Å². The second kappa shape index (κ2) is 6.53. The first-order valence-electron chi connectivity index (χ1n) is 6.22. The molecular formula is C12H18Cl2F3NO. The Balaban J connectivity index is 2.62. The number of alkyl halides is 5. The molecule has 1 fully saturated rings. The van der Waals surface area contributed by atoms with Crippen molar-refractivity contribution in [1.29, 1.82) is 0 Å². The number of halogens is 5. The molecule has 0 aromatic heterocycles. The van der Waals surface area contributed by atoms with Crippen LogP contribution in [0.2, 0.25) is 0 Å². The van der Waals surface area contributed by atoms with Gasteiger partial charge in [0.05, 0.1) is 11.5 Å². The maximum Gasteiger partial charge on any atom is 0.391 e. The molecule has 1 amide bonds. The lowest BCUT2D eigenvalue weighted by atomic mass is 9.80. The van der Waals surface area contributed by atoms with E-state index >= 15 is 0 Å². The minimum atomic E-state index is -4.22. The third kappa shape index (κ3) is 4.71. The molecule has 112 valence electrons. The third-order valence-electron chi connectivity index (χ3n) is 3.52. The highest BCUT2D eigenvalue weighted by Gasteiger charge is 2.44. The van der Waals surface area contributed by atoms with E-state index in [4.69, 9.17) is 23.2 Å². The van der Waals surface area contributed by atoms with Gasteiger partial charge in [-0.25, -0.2) is 0 Å². The summed E-state index contributed by atoms with van der Waals surface area (Å²) >= 11 is 11.4. The SMILES string of the molecule is CC(CCl)(CCl)NC(=O)C1CCCC(C(F)(F)F)C1. The minimum Gasteiger partial charge on any atom is -0.348 e. The summed E-state index contributed by atoms with van der Waals surface area (Å²) in [5.74, 6) is -2.12. The second-order valence-electron chi connectivity index (χ2n) is 5.42. The number of rotatable bonds is 4. The predicted molar refractivity (Wildman–Crippen MR) is 69.5 cm³/mol. The van der Waals surface area contributed by atoms with Crippen molar-refractivity contribution in [3.63, 3.8) is 0 Å². The summed E-state index contributed by atoms with van der Waals surface area (Å²) in [6.07, 6.45) is -3.35. The molecule has 1 N–H and O–H groups in total. The van der Waals surface area contributed by atoms with E-state index in [1.807, 2.05) is 0 Å². The van der Waals surface area contributed by atoms with Crippen LogP contribution in [0.1, 0.15) is 32.6 Å². The molecule has 0 bridgehead atoms. The van der Waals surface area contributed by atoms with Gasteiger partial charge in [0, 0.05) is 17.7 Å². The van der Waals surface area contributed by atoms with Gasteiger partial charge in [-0.3, -0.25) is 4.79 Å². The average molecular weight is 320 g/mol. The molecule has 0 spiro atoms. The maximum atomic E-state index is 12.7. The van der Waals surface area contributed by atoms with Gasteiger partial charge in [-0.2, -0.15) is 13.2 Å². The van der Waals surface area contributed by atoms with Crippen molar-refractivity contribution in [2.75, 3.05) is 11.8 Å². The van der Waals surface area contributed by atoms with Gasteiger partial charge in [-0.1, -0.05) is 6.42 Å². The van der Waals surface area contributed by atoms with Crippen LogP contribution in [0.25, 0.3) is 0 Å². The normalized spacial score (nSPS) is 25.2. The van der Waals surface area contributed by atoms with Gasteiger partial charge in [-0.15, -0.1) is 23.2 Å². The second-order valence-corrected chi connectivity index (χ2v) is 5.95. The quantitative estimate of drug-likeness (QED) is 0.786. The fourth-order valence-corrected chi connectivity index (χ4v) is 2.65. The van der Waals surface area contributed by atoms with Gasteiger partial charge >= 0.3 is 6.18 Å². The van der Waals surface area contributed by atoms with Crippen LogP contribution in [0, 0.1) is 11.8 Å². The van der Waals surface area contributed by atoms with Crippen molar-refractivity contribution in [2.24, 2.45) is 11.8 Å². The van der Waals surface area contributed by atoms with Crippen LogP contribution in [0.4, 0.5) is 13.2 Å². The summed E-state index contributed by atoms with van der Waals surface area (Å²) in [6, 6.07) is 0. The molecule has 2 nitrogen and oxygen atoms in total. The van der Waals surface area contributed by atoms with Crippen molar-refractivity contribution in [2.45, 2.75) is 44.3 Å². The summed E-state index contributed by atoms with van der Waals surface area (Å²) in [6.45, 7) is 1.68. The molecule has 2 atom stereocenters. The van der Waals surface area contributed by atoms with Crippen LogP contribution in [-0.4, -0.2) is 29.4 Å². The van der Waals surface area contributed by atoms with E-state index in [9.17, 15) is 18.0 Å². The Labute approximate surface area is 121 Å². The van der Waals surface area contributed by atoms with E-state index < -0.39 is 23.6 Å². The number of carbonyl (C=O) groups excluding carboxylic acids is 1. The Bertz CT molecular complexity index is 319. The molecule has 1 saturated carbocycles. The fourth-order valence-electron chi connectivity index (χ4n) is 2.23. The smallest absolute Gasteiger partial charge is 0.348 e. The van der Waals surface area contributed by atoms with Crippen LogP contribution < -0.4 is 5.32 Å². The van der Waals surface area contributed by atoms with E-state index in [1.165, 1.54) is 0 Å². The summed E-state index contributed by atoms with van der Waals surface area (Å²) in [5, 5.41) is 2.66. The fraction of sp³-hybridized carbons (Fsp3) is 0.917. The number of hydrogen-bond donors (Lipinski definition) is 1. The van der Waals surface area contributed by atoms with Crippen LogP contribution in [0.5, 0.6) is 0 Å². The zero-order valence-electron chi connectivity index (χ0n) is 10.7. The molecule has 2 unspecified atom stereocenters. The van der Waals surface area contributed by atoms with Gasteiger partial charge < -0.3 is 5.32 Å². The molecule has 1 aliphatic carbocycles. The first-order valence-corrected chi connectivity index (χ1v) is 7.29. The molecular weight excluding hydrogens is 302 g/mol. The monoisotopic (exact) mass is 319 g/mol. The Morgan fingerprint density at radius 3 is 2.32 bits per heavy atom. The first-order chi connectivity index (χ1) is 8.72. The Hall–Kier alpha value is -0.160. The highest BCUT2D eigenvalue weighted by atomic mass is 35.5. The zero-order chi connectivity index (χ0) is 14.7. The minimum absolute atomic E-state index is 0.107. The van der Waals surface area contributed by atoms with Crippen LogP contribution >= 0.6 is 23.2 Å². The van der Waals surface area contributed by atoms with Crippen LogP contribution in [-0.2, 0) is 4.79 Å². The first kappa shape index (κ1) is 16.9. The van der Waals surface area contributed by atoms with E-state index in [1.54, 1.807) is 6.92 Å². The van der Waals surface area contributed by atoms with Crippen LogP contribution in [0.3, 0.4) is 0 Å². The van der Waals surface area contributed by atoms with E-state index in [2.05, 4.69) is 5.32 Å². The molecule has 0 aliphatic heterocycles. The molecule has 7 heteroatoms. The third-order valence-corrected chi connectivity index (χ3v) is 4.70. The van der Waals surface area contributed by atoms with E-state index in [0.29, 0.717) is 12.8 Å². The number of amides is 1. The topological polar surface area (TPSA) is 29.1 Å². The molecule has 0 saturated heterocycles. The zero-order valence-corrected chi connectivity index (χ0v) is 12.2. The summed E-state index contributed by atoms with van der Waals surface area (Å²) in [4.78, 5) is 12.0. The lowest BCUT2D eigenvalue weighted by Crippen LogP contribution is -2.52. The standard InChI is InChI=1S/C12H18Cl2F3NO/c1-11(6-13,7-14)18-10(19)8-3-2-4-9(5-8)12(15,16)17/h8-9H,2-7H2,1H3,(H,18,19). The summed E-state index contributed by atoms with van der Waals surface area (Å²) in [7, 11) is 0. The molecule has 0 aromatic carbocycles. The van der Waals surface area contributed by atoms with E-state index in [-0.39, 0.29) is 30.5 Å². The van der Waals surface area contributed by atoms with Gasteiger partial charge in [0.2, 0.25) is 5.91 Å². The maximum absolute atomic E-state index is 12.7. The highest BCUT2D eigenvalue weighted by Crippen LogP contribution is 2.40. The van der Waals surface area contributed by atoms with Crippen molar-refractivity contribution in [1.82, 2.24) is 5.32 Å². The number of carbonyl (C=O) groups is 1. The summed E-state index contributed by atoms with van der Waals surface area (Å²) in [5.41, 5.74) is -0.772. The van der Waals surface area contributed by atoms with Crippen molar-refractivity contribution in [3.05, 3.63) is 0 Å². The van der Waals surface area contributed by atoms with Gasteiger partial charge in [0.25, 0.3) is 0 Å². The predicted octanol–water partition coefficient (Wildman–Crippen LogP) is 3.71. The average Bonchev–Trinajstić information content (AvgIpc) is 2.37. The largest absolute Gasteiger partial charge is 0.391 e. The van der Waals surface area contributed by atoms with Crippen LogP contribution in [0.15, 0.2) is 0 Å². The Morgan fingerprint density at radius 1 is 1.26 bits per heavy atom. The summed E-state index contributed by atoms with van der Waals surface area (Å²) < 4.78 is 38.0. The lowest BCUT2D eigenvalue weighted by molar-refractivity contribution is -0.186. The van der Waals surface area contributed by atoms with Crippen molar-refractivity contribution >= 4 is 29.1 Å². The highest BCUT2D eigenvalue weighted by molar-refractivity contribution is 6.22. The van der Waals surface area contributed by atoms with Gasteiger partial charge in [-0.05, 0) is 26.2 Å². The van der Waals surface area contributed by atoms with Gasteiger partial charge in [0.15, 0.2) is 0 Å². The van der Waals surface area contributed by atoms with E-state index in [0.717, 1.165) is 0 Å². The number of hydrogen-bond acceptors (Lipinski definition) is 1. The Kier molecular flexibility index (Phi) is 5.80.